The van der Waals surface area contributed by atoms with Gasteiger partial charge in [-0.05, 0) is 22.9 Å². The number of aromatic nitrogens is 2. The van der Waals surface area contributed by atoms with Crippen molar-refractivity contribution in [1.29, 1.82) is 0 Å². The predicted molar refractivity (Wildman–Crippen MR) is 91.9 cm³/mol. The van der Waals surface area contributed by atoms with Crippen molar-refractivity contribution in [2.75, 3.05) is 0 Å². The molecule has 22 heavy (non-hydrogen) atoms. The van der Waals surface area contributed by atoms with Crippen LogP contribution in [0.1, 0.15) is 5.56 Å². The molecule has 106 valence electrons. The maximum absolute atomic E-state index is 4.59. The average molecular weight is 285 g/mol. The minimum Gasteiger partial charge on any atom is -0.311 e. The van der Waals surface area contributed by atoms with Crippen molar-refractivity contribution in [1.82, 2.24) is 9.55 Å². The van der Waals surface area contributed by atoms with Crippen LogP contribution in [0, 0.1) is 0 Å². The zero-order valence-corrected chi connectivity index (χ0v) is 12.3. The first-order chi connectivity index (χ1) is 10.8. The smallest absolute Gasteiger partial charge is 0.230 e. The third-order valence-corrected chi connectivity index (χ3v) is 3.91. The Bertz CT molecular complexity index is 991. The van der Waals surface area contributed by atoms with E-state index < -0.39 is 0 Å². The van der Waals surface area contributed by atoms with Crippen LogP contribution in [0.5, 0.6) is 0 Å². The average Bonchev–Trinajstić information content (AvgIpc) is 2.89. The second kappa shape index (κ2) is 5.11. The van der Waals surface area contributed by atoms with Crippen LogP contribution in [-0.2, 0) is 7.05 Å². The van der Waals surface area contributed by atoms with Crippen LogP contribution in [0.15, 0.2) is 71.7 Å². The first-order valence-corrected chi connectivity index (χ1v) is 7.26. The van der Waals surface area contributed by atoms with Crippen molar-refractivity contribution in [2.24, 2.45) is 12.0 Å². The van der Waals surface area contributed by atoms with Gasteiger partial charge < -0.3 is 4.57 Å². The van der Waals surface area contributed by atoms with Crippen LogP contribution in [0.2, 0.25) is 0 Å². The second-order valence-electron chi connectivity index (χ2n) is 5.29. The fraction of sp³-hybridized carbons (Fsp3) is 0.0526. The van der Waals surface area contributed by atoms with Gasteiger partial charge in [-0.3, -0.25) is 0 Å². The van der Waals surface area contributed by atoms with Gasteiger partial charge in [0, 0.05) is 18.8 Å². The van der Waals surface area contributed by atoms with Crippen LogP contribution in [-0.4, -0.2) is 15.8 Å². The molecule has 0 unspecified atom stereocenters. The molecule has 0 amide bonds. The molecule has 4 rings (SSSR count). The van der Waals surface area contributed by atoms with Crippen molar-refractivity contribution >= 4 is 34.0 Å². The van der Waals surface area contributed by atoms with E-state index in [1.54, 1.807) is 0 Å². The lowest BCUT2D eigenvalue weighted by atomic mass is 10.1. The molecular formula is C19H15N3. The highest BCUT2D eigenvalue weighted by atomic mass is 15.2. The first kappa shape index (κ1) is 12.8. The first-order valence-electron chi connectivity index (χ1n) is 7.26. The van der Waals surface area contributed by atoms with E-state index in [9.17, 15) is 0 Å². The number of benzene rings is 3. The lowest BCUT2D eigenvalue weighted by Crippen LogP contribution is -1.88. The topological polar surface area (TPSA) is 30.2 Å². The van der Waals surface area contributed by atoms with E-state index in [1.807, 2.05) is 36.0 Å². The van der Waals surface area contributed by atoms with Crippen molar-refractivity contribution in [3.63, 3.8) is 0 Å². The molecule has 3 heteroatoms. The summed E-state index contributed by atoms with van der Waals surface area (Å²) in [5.41, 5.74) is 3.16. The molecule has 0 saturated carbocycles. The highest BCUT2D eigenvalue weighted by Gasteiger charge is 2.05. The minimum atomic E-state index is 0.717. The zero-order valence-electron chi connectivity index (χ0n) is 12.3. The standard InChI is InChI=1S/C19H15N3/c1-22-18-12-5-4-11-17(18)21-19(22)20-13-15-9-6-8-14-7-2-3-10-16(14)15/h2-13H,1H3/b20-13+. The van der Waals surface area contributed by atoms with Crippen LogP contribution in [0.4, 0.5) is 5.95 Å². The molecule has 0 saturated heterocycles. The van der Waals surface area contributed by atoms with Gasteiger partial charge in [-0.1, -0.05) is 54.6 Å². The number of aliphatic imine (C=N–C) groups is 1. The molecule has 1 aromatic heterocycles. The quantitative estimate of drug-likeness (QED) is 0.499. The minimum absolute atomic E-state index is 0.717. The number of fused-ring (bicyclic) bond motifs is 2. The second-order valence-corrected chi connectivity index (χ2v) is 5.29. The summed E-state index contributed by atoms with van der Waals surface area (Å²) in [4.78, 5) is 9.16. The number of nitrogens with zero attached hydrogens (tertiary/aromatic N) is 3. The predicted octanol–water partition coefficient (Wildman–Crippen LogP) is 4.48. The number of hydrogen-bond acceptors (Lipinski definition) is 2. The monoisotopic (exact) mass is 285 g/mol. The van der Waals surface area contributed by atoms with Crippen molar-refractivity contribution < 1.29 is 0 Å². The number of hydrogen-bond donors (Lipinski definition) is 0. The number of imidazole rings is 1. The van der Waals surface area contributed by atoms with E-state index in [0.717, 1.165) is 16.6 Å². The zero-order chi connectivity index (χ0) is 14.9. The highest BCUT2D eigenvalue weighted by Crippen LogP contribution is 2.21. The molecule has 0 radical (unpaired) electrons. The van der Waals surface area contributed by atoms with Crippen molar-refractivity contribution in [3.8, 4) is 0 Å². The molecule has 4 aromatic rings. The molecule has 0 spiro atoms. The van der Waals surface area contributed by atoms with Gasteiger partial charge in [-0.25, -0.2) is 9.98 Å². The molecule has 3 nitrogen and oxygen atoms in total. The lowest BCUT2D eigenvalue weighted by molar-refractivity contribution is 0.945. The Morgan fingerprint density at radius 1 is 0.909 bits per heavy atom. The van der Waals surface area contributed by atoms with Crippen LogP contribution >= 0.6 is 0 Å². The van der Waals surface area contributed by atoms with Gasteiger partial charge in [-0.2, -0.15) is 0 Å². The Kier molecular flexibility index (Phi) is 2.97. The molecule has 1 heterocycles. The number of para-hydroxylation sites is 2. The van der Waals surface area contributed by atoms with Gasteiger partial charge in [-0.15, -0.1) is 0 Å². The largest absolute Gasteiger partial charge is 0.311 e. The molecule has 0 aliphatic carbocycles. The summed E-state index contributed by atoms with van der Waals surface area (Å²) in [5, 5.41) is 2.42. The Morgan fingerprint density at radius 3 is 2.59 bits per heavy atom. The maximum atomic E-state index is 4.59. The summed E-state index contributed by atoms with van der Waals surface area (Å²) in [7, 11) is 1.99. The number of aryl methyl sites for hydroxylation is 1. The molecule has 0 aliphatic rings. The number of rotatable bonds is 2. The third-order valence-electron chi connectivity index (χ3n) is 3.91. The van der Waals surface area contributed by atoms with Crippen LogP contribution in [0.25, 0.3) is 21.8 Å². The molecule has 3 aromatic carbocycles. The molecule has 0 atom stereocenters. The maximum Gasteiger partial charge on any atom is 0.230 e. The SMILES string of the molecule is Cn1c(/N=C/c2cccc3ccccc23)nc2ccccc21. The Balaban J connectivity index is 1.81. The van der Waals surface area contributed by atoms with E-state index >= 15 is 0 Å². The van der Waals surface area contributed by atoms with Gasteiger partial charge in [0.1, 0.15) is 0 Å². The summed E-state index contributed by atoms with van der Waals surface area (Å²) in [5.74, 6) is 0.717. The van der Waals surface area contributed by atoms with Gasteiger partial charge in [0.15, 0.2) is 0 Å². The van der Waals surface area contributed by atoms with E-state index in [-0.39, 0.29) is 0 Å². The van der Waals surface area contributed by atoms with Crippen molar-refractivity contribution in [2.45, 2.75) is 0 Å². The highest BCUT2D eigenvalue weighted by molar-refractivity contribution is 6.00. The van der Waals surface area contributed by atoms with E-state index in [2.05, 4.69) is 58.5 Å². The van der Waals surface area contributed by atoms with Gasteiger partial charge in [0.25, 0.3) is 0 Å². The normalized spacial score (nSPS) is 11.7. The van der Waals surface area contributed by atoms with E-state index in [0.29, 0.717) is 5.95 Å². The van der Waals surface area contributed by atoms with Crippen LogP contribution < -0.4 is 0 Å². The Morgan fingerprint density at radius 2 is 1.68 bits per heavy atom. The van der Waals surface area contributed by atoms with Gasteiger partial charge in [0.2, 0.25) is 5.95 Å². The van der Waals surface area contributed by atoms with Gasteiger partial charge in [0.05, 0.1) is 11.0 Å². The van der Waals surface area contributed by atoms with E-state index in [1.165, 1.54) is 10.8 Å². The summed E-state index contributed by atoms with van der Waals surface area (Å²) in [6, 6.07) is 22.6. The molecule has 0 fully saturated rings. The summed E-state index contributed by atoms with van der Waals surface area (Å²) in [6.07, 6.45) is 1.89. The Hall–Kier alpha value is -2.94. The Labute approximate surface area is 128 Å². The fourth-order valence-corrected chi connectivity index (χ4v) is 2.74. The third kappa shape index (κ3) is 2.07. The van der Waals surface area contributed by atoms with Gasteiger partial charge >= 0.3 is 0 Å². The molecule has 0 aliphatic heterocycles. The molecular weight excluding hydrogens is 270 g/mol. The molecule has 0 N–H and O–H groups in total. The molecule has 0 bridgehead atoms. The lowest BCUT2D eigenvalue weighted by Gasteiger charge is -2.01. The van der Waals surface area contributed by atoms with Crippen LogP contribution in [0.3, 0.4) is 0 Å². The summed E-state index contributed by atoms with van der Waals surface area (Å²) in [6.45, 7) is 0. The van der Waals surface area contributed by atoms with Crippen molar-refractivity contribution in [3.05, 3.63) is 72.3 Å². The fourth-order valence-electron chi connectivity index (χ4n) is 2.74. The van der Waals surface area contributed by atoms with E-state index in [4.69, 9.17) is 0 Å². The summed E-state index contributed by atoms with van der Waals surface area (Å²) >= 11 is 0. The summed E-state index contributed by atoms with van der Waals surface area (Å²) < 4.78 is 2.01.